The minimum Gasteiger partial charge on any atom is -0.192 e. The molecule has 1 nitrogen and oxygen atoms in total. The van der Waals surface area contributed by atoms with E-state index in [1.165, 1.54) is 0 Å². The molecule has 0 bridgehead atoms. The molecule has 0 aliphatic heterocycles. The van der Waals surface area contributed by atoms with Crippen LogP contribution >= 0.6 is 0 Å². The van der Waals surface area contributed by atoms with Crippen molar-refractivity contribution in [2.24, 2.45) is 0 Å². The van der Waals surface area contributed by atoms with Gasteiger partial charge in [0.05, 0.1) is 11.6 Å². The van der Waals surface area contributed by atoms with Crippen molar-refractivity contribution in [3.05, 3.63) is 53.1 Å². The predicted molar refractivity (Wildman–Crippen MR) is 59.5 cm³/mol. The summed E-state index contributed by atoms with van der Waals surface area (Å²) >= 11 is 0. The lowest BCUT2D eigenvalue weighted by Crippen LogP contribution is -1.76. The number of hydrogen-bond acceptors (Lipinski definition) is 1. The summed E-state index contributed by atoms with van der Waals surface area (Å²) in [6, 6.07) is 12.0. The molecule has 0 aromatic heterocycles. The lowest BCUT2D eigenvalue weighted by atomic mass is 10.1. The van der Waals surface area contributed by atoms with E-state index in [1.807, 2.05) is 56.3 Å². The first-order chi connectivity index (χ1) is 6.72. The summed E-state index contributed by atoms with van der Waals surface area (Å²) in [5.41, 5.74) is 2.88. The maximum Gasteiger partial charge on any atom is 0.0991 e. The summed E-state index contributed by atoms with van der Waals surface area (Å²) in [5.74, 6) is 0. The standard InChI is InChI=1S/C13H13N/c1-11(2)8-13(10-14)9-12-6-4-3-5-7-12/h3-9H,1-2H3/b13-9+. The molecule has 0 atom stereocenters. The van der Waals surface area contributed by atoms with Crippen LogP contribution in [0.4, 0.5) is 0 Å². The van der Waals surface area contributed by atoms with Gasteiger partial charge >= 0.3 is 0 Å². The highest BCUT2D eigenvalue weighted by Crippen LogP contribution is 2.08. The number of hydrogen-bond donors (Lipinski definition) is 0. The highest BCUT2D eigenvalue weighted by Gasteiger charge is 1.91. The molecular weight excluding hydrogens is 170 g/mol. The van der Waals surface area contributed by atoms with Crippen molar-refractivity contribution in [2.45, 2.75) is 13.8 Å². The summed E-state index contributed by atoms with van der Waals surface area (Å²) in [6.07, 6.45) is 3.76. The van der Waals surface area contributed by atoms with Crippen LogP contribution in [0.2, 0.25) is 0 Å². The highest BCUT2D eigenvalue weighted by molar-refractivity contribution is 5.60. The summed E-state index contributed by atoms with van der Waals surface area (Å²) in [5, 5.41) is 8.87. The zero-order chi connectivity index (χ0) is 10.4. The Morgan fingerprint density at radius 3 is 2.36 bits per heavy atom. The molecule has 0 aliphatic rings. The molecule has 70 valence electrons. The number of benzene rings is 1. The summed E-state index contributed by atoms with van der Waals surface area (Å²) in [4.78, 5) is 0. The van der Waals surface area contributed by atoms with Crippen LogP contribution < -0.4 is 0 Å². The Balaban J connectivity index is 2.98. The first-order valence-electron chi connectivity index (χ1n) is 4.54. The van der Waals surface area contributed by atoms with E-state index in [4.69, 9.17) is 5.26 Å². The number of nitrogens with zero attached hydrogens (tertiary/aromatic N) is 1. The van der Waals surface area contributed by atoms with Crippen molar-refractivity contribution < 1.29 is 0 Å². The summed E-state index contributed by atoms with van der Waals surface area (Å²) < 4.78 is 0. The third kappa shape index (κ3) is 3.28. The van der Waals surface area contributed by atoms with E-state index in [9.17, 15) is 0 Å². The van der Waals surface area contributed by atoms with Gasteiger partial charge in [0.25, 0.3) is 0 Å². The fraction of sp³-hybridized carbons (Fsp3) is 0.154. The first kappa shape index (κ1) is 10.3. The lowest BCUT2D eigenvalue weighted by Gasteiger charge is -1.93. The minimum atomic E-state index is 0.691. The Morgan fingerprint density at radius 2 is 1.86 bits per heavy atom. The van der Waals surface area contributed by atoms with Crippen LogP contribution in [-0.2, 0) is 0 Å². The van der Waals surface area contributed by atoms with Gasteiger partial charge in [0.2, 0.25) is 0 Å². The van der Waals surface area contributed by atoms with Crippen LogP contribution in [-0.4, -0.2) is 0 Å². The normalized spacial score (nSPS) is 10.5. The molecule has 1 heteroatoms. The van der Waals surface area contributed by atoms with Gasteiger partial charge in [-0.1, -0.05) is 35.9 Å². The second kappa shape index (κ2) is 5.04. The fourth-order valence-electron chi connectivity index (χ4n) is 1.15. The molecule has 1 aromatic rings. The van der Waals surface area contributed by atoms with Gasteiger partial charge in [-0.2, -0.15) is 5.26 Å². The van der Waals surface area contributed by atoms with Crippen LogP contribution in [0.15, 0.2) is 47.6 Å². The van der Waals surface area contributed by atoms with Crippen molar-refractivity contribution in [1.29, 1.82) is 5.26 Å². The van der Waals surface area contributed by atoms with E-state index in [-0.39, 0.29) is 0 Å². The Labute approximate surface area is 85.0 Å². The quantitative estimate of drug-likeness (QED) is 0.508. The average Bonchev–Trinajstić information content (AvgIpc) is 2.17. The maximum atomic E-state index is 8.87. The predicted octanol–water partition coefficient (Wildman–Crippen LogP) is 3.56. The van der Waals surface area contributed by atoms with Gasteiger partial charge in [-0.25, -0.2) is 0 Å². The smallest absolute Gasteiger partial charge is 0.0991 e. The number of nitriles is 1. The van der Waals surface area contributed by atoms with Crippen LogP contribution in [0.1, 0.15) is 19.4 Å². The Hall–Kier alpha value is -1.81. The van der Waals surface area contributed by atoms with Gasteiger partial charge in [0.1, 0.15) is 0 Å². The van der Waals surface area contributed by atoms with E-state index in [0.717, 1.165) is 11.1 Å². The summed E-state index contributed by atoms with van der Waals surface area (Å²) in [6.45, 7) is 3.96. The van der Waals surface area contributed by atoms with E-state index in [2.05, 4.69) is 6.07 Å². The van der Waals surface area contributed by atoms with Crippen molar-refractivity contribution in [2.75, 3.05) is 0 Å². The number of rotatable bonds is 2. The molecule has 0 amide bonds. The second-order valence-electron chi connectivity index (χ2n) is 3.34. The second-order valence-corrected chi connectivity index (χ2v) is 3.34. The Bertz CT molecular complexity index is 387. The van der Waals surface area contributed by atoms with Crippen LogP contribution in [0.3, 0.4) is 0 Å². The molecule has 0 unspecified atom stereocenters. The van der Waals surface area contributed by atoms with Gasteiger partial charge < -0.3 is 0 Å². The number of allylic oxidation sites excluding steroid dienone is 3. The largest absolute Gasteiger partial charge is 0.192 e. The van der Waals surface area contributed by atoms with Crippen molar-refractivity contribution in [3.63, 3.8) is 0 Å². The zero-order valence-electron chi connectivity index (χ0n) is 8.49. The molecule has 14 heavy (non-hydrogen) atoms. The van der Waals surface area contributed by atoms with Crippen molar-refractivity contribution in [3.8, 4) is 6.07 Å². The van der Waals surface area contributed by atoms with Crippen LogP contribution in [0.25, 0.3) is 6.08 Å². The lowest BCUT2D eigenvalue weighted by molar-refractivity contribution is 1.37. The van der Waals surface area contributed by atoms with Crippen LogP contribution in [0.5, 0.6) is 0 Å². The molecule has 1 rings (SSSR count). The molecule has 0 saturated heterocycles. The van der Waals surface area contributed by atoms with Gasteiger partial charge in [-0.05, 0) is 31.6 Å². The van der Waals surface area contributed by atoms with E-state index in [0.29, 0.717) is 5.57 Å². The van der Waals surface area contributed by atoms with Gasteiger partial charge in [0.15, 0.2) is 0 Å². The molecule has 0 fully saturated rings. The van der Waals surface area contributed by atoms with E-state index < -0.39 is 0 Å². The third-order valence-corrected chi connectivity index (χ3v) is 1.70. The molecule has 0 heterocycles. The van der Waals surface area contributed by atoms with E-state index >= 15 is 0 Å². The summed E-state index contributed by atoms with van der Waals surface area (Å²) in [7, 11) is 0. The molecule has 0 aliphatic carbocycles. The monoisotopic (exact) mass is 183 g/mol. The molecule has 0 saturated carbocycles. The molecular formula is C13H13N. The van der Waals surface area contributed by atoms with Crippen molar-refractivity contribution in [1.82, 2.24) is 0 Å². The average molecular weight is 183 g/mol. The highest BCUT2D eigenvalue weighted by atomic mass is 14.2. The van der Waals surface area contributed by atoms with Gasteiger partial charge in [-0.3, -0.25) is 0 Å². The SMILES string of the molecule is CC(C)=C/C(C#N)=C\c1ccccc1. The van der Waals surface area contributed by atoms with Crippen LogP contribution in [0, 0.1) is 11.3 Å². The fourth-order valence-corrected chi connectivity index (χ4v) is 1.15. The molecule has 1 aromatic carbocycles. The molecule has 0 radical (unpaired) electrons. The first-order valence-corrected chi connectivity index (χ1v) is 4.54. The minimum absolute atomic E-state index is 0.691. The van der Waals surface area contributed by atoms with Crippen molar-refractivity contribution >= 4 is 6.08 Å². The molecule has 0 spiro atoms. The Kier molecular flexibility index (Phi) is 3.69. The van der Waals surface area contributed by atoms with Gasteiger partial charge in [-0.15, -0.1) is 0 Å². The maximum absolute atomic E-state index is 8.87. The zero-order valence-corrected chi connectivity index (χ0v) is 8.49. The van der Waals surface area contributed by atoms with E-state index in [1.54, 1.807) is 0 Å². The molecule has 0 N–H and O–H groups in total. The Morgan fingerprint density at radius 1 is 1.21 bits per heavy atom. The van der Waals surface area contributed by atoms with Gasteiger partial charge in [0, 0.05) is 0 Å². The third-order valence-electron chi connectivity index (χ3n) is 1.70. The topological polar surface area (TPSA) is 23.8 Å².